The summed E-state index contributed by atoms with van der Waals surface area (Å²) in [7, 11) is 0. The Morgan fingerprint density at radius 1 is 1.06 bits per heavy atom. The highest BCUT2D eigenvalue weighted by Gasteiger charge is 2.14. The van der Waals surface area contributed by atoms with Crippen LogP contribution in [0.2, 0.25) is 5.02 Å². The second-order valence-corrected chi connectivity index (χ2v) is 8.59. The number of carboxylic acid groups (broad SMARTS) is 1. The first kappa shape index (κ1) is 24.6. The summed E-state index contributed by atoms with van der Waals surface area (Å²) in [4.78, 5) is 15.4. The van der Waals surface area contributed by atoms with Crippen LogP contribution in [0.3, 0.4) is 0 Å². The maximum absolute atomic E-state index is 11.2. The number of fused-ring (bicyclic) bond motifs is 1. The number of aromatic carboxylic acids is 1. The molecule has 0 aliphatic carbocycles. The van der Waals surface area contributed by atoms with E-state index in [-0.39, 0.29) is 24.8 Å². The van der Waals surface area contributed by atoms with Crippen molar-refractivity contribution in [3.8, 4) is 11.5 Å². The third kappa shape index (κ3) is 6.35. The Kier molecular flexibility index (Phi) is 7.94. The van der Waals surface area contributed by atoms with Crippen LogP contribution in [-0.4, -0.2) is 45.5 Å². The largest absolute Gasteiger partial charge is 0.478 e. The van der Waals surface area contributed by atoms with Crippen molar-refractivity contribution in [1.82, 2.24) is 10.3 Å². The Hall–Kier alpha value is -3.49. The van der Waals surface area contributed by atoms with E-state index in [0.717, 1.165) is 5.56 Å². The van der Waals surface area contributed by atoms with E-state index < -0.39 is 12.1 Å². The minimum atomic E-state index is -1.01. The van der Waals surface area contributed by atoms with Crippen molar-refractivity contribution in [2.75, 3.05) is 13.2 Å². The fourth-order valence-corrected chi connectivity index (χ4v) is 3.96. The van der Waals surface area contributed by atoms with E-state index in [2.05, 4.69) is 10.3 Å². The number of hydrogen-bond donors (Lipinski definition) is 4. The predicted octanol–water partition coefficient (Wildman–Crippen LogP) is 4.61. The molecule has 35 heavy (non-hydrogen) atoms. The van der Waals surface area contributed by atoms with Crippen LogP contribution in [0.15, 0.2) is 79.0 Å². The fraction of sp³-hybridized carbons (Fsp3) is 0.185. The maximum Gasteiger partial charge on any atom is 0.335 e. The number of ether oxygens (including phenoxy) is 1. The van der Waals surface area contributed by atoms with Crippen molar-refractivity contribution in [3.63, 3.8) is 0 Å². The molecule has 4 N–H and O–H groups in total. The molecule has 2 atom stereocenters. The molecule has 3 aromatic carbocycles. The normalized spacial score (nSPS) is 12.9. The molecule has 0 amide bonds. The average molecular weight is 493 g/mol. The van der Waals surface area contributed by atoms with E-state index in [9.17, 15) is 20.1 Å². The predicted molar refractivity (Wildman–Crippen MR) is 134 cm³/mol. The SMILES string of the molecule is O=C(O)c1ccc2c(Oc3ccc(C[C@@H](CO)NC[C@@H](O)c4cccc(Cl)c4)cc3)ccnc2c1. The van der Waals surface area contributed by atoms with Crippen molar-refractivity contribution < 1.29 is 24.9 Å². The highest BCUT2D eigenvalue weighted by molar-refractivity contribution is 6.30. The van der Waals surface area contributed by atoms with Crippen LogP contribution in [0.5, 0.6) is 11.5 Å². The molecule has 4 rings (SSSR count). The van der Waals surface area contributed by atoms with E-state index in [1.807, 2.05) is 30.3 Å². The summed E-state index contributed by atoms with van der Waals surface area (Å²) in [6, 6.07) is 20.8. The third-order valence-corrected chi connectivity index (χ3v) is 5.87. The Balaban J connectivity index is 1.38. The van der Waals surface area contributed by atoms with Gasteiger partial charge < -0.3 is 25.4 Å². The van der Waals surface area contributed by atoms with Gasteiger partial charge in [-0.05, 0) is 66.1 Å². The number of nitrogens with zero attached hydrogens (tertiary/aromatic N) is 1. The van der Waals surface area contributed by atoms with Crippen molar-refractivity contribution in [3.05, 3.63) is 101 Å². The van der Waals surface area contributed by atoms with Crippen molar-refractivity contribution in [2.45, 2.75) is 18.6 Å². The molecular formula is C27H25ClN2O5. The molecule has 0 aliphatic rings. The molecule has 1 aromatic heterocycles. The number of carboxylic acids is 1. The van der Waals surface area contributed by atoms with Crippen LogP contribution in [0.25, 0.3) is 10.9 Å². The number of carbonyl (C=O) groups is 1. The number of benzene rings is 3. The Morgan fingerprint density at radius 3 is 2.57 bits per heavy atom. The zero-order valence-electron chi connectivity index (χ0n) is 18.8. The average Bonchev–Trinajstić information content (AvgIpc) is 2.87. The molecular weight excluding hydrogens is 468 g/mol. The summed E-state index contributed by atoms with van der Waals surface area (Å²) in [5, 5.41) is 33.8. The molecule has 0 saturated heterocycles. The molecule has 0 bridgehead atoms. The lowest BCUT2D eigenvalue weighted by Gasteiger charge is -2.19. The summed E-state index contributed by atoms with van der Waals surface area (Å²) in [6.07, 6.45) is 1.41. The van der Waals surface area contributed by atoms with Gasteiger partial charge in [0, 0.05) is 29.2 Å². The number of aromatic nitrogens is 1. The van der Waals surface area contributed by atoms with E-state index in [1.54, 1.807) is 36.5 Å². The van der Waals surface area contributed by atoms with Gasteiger partial charge in [-0.1, -0.05) is 35.9 Å². The van der Waals surface area contributed by atoms with Gasteiger partial charge in [0.2, 0.25) is 0 Å². The molecule has 0 unspecified atom stereocenters. The molecule has 4 aromatic rings. The number of rotatable bonds is 10. The van der Waals surface area contributed by atoms with E-state index >= 15 is 0 Å². The van der Waals surface area contributed by atoms with Crippen LogP contribution in [0, 0.1) is 0 Å². The molecule has 180 valence electrons. The van der Waals surface area contributed by atoms with Gasteiger partial charge in [0.25, 0.3) is 0 Å². The van der Waals surface area contributed by atoms with Gasteiger partial charge in [0.1, 0.15) is 11.5 Å². The van der Waals surface area contributed by atoms with Crippen LogP contribution >= 0.6 is 11.6 Å². The lowest BCUT2D eigenvalue weighted by molar-refractivity contribution is 0.0697. The second kappa shape index (κ2) is 11.3. The topological polar surface area (TPSA) is 112 Å². The number of aliphatic hydroxyl groups is 2. The van der Waals surface area contributed by atoms with Crippen LogP contribution in [0.4, 0.5) is 0 Å². The number of aliphatic hydroxyl groups excluding tert-OH is 2. The standard InChI is InChI=1S/C27H25ClN2O5/c28-20-3-1-2-18(13-20)25(32)15-30-21(16-31)12-17-4-7-22(8-5-17)35-26-10-11-29-24-14-19(27(33)34)6-9-23(24)26/h1-11,13-14,21,25,30-32H,12,15-16H2,(H,33,34)/t21-,25+/m0/s1. The van der Waals surface area contributed by atoms with Gasteiger partial charge in [-0.2, -0.15) is 0 Å². The Bertz CT molecular complexity index is 1310. The van der Waals surface area contributed by atoms with Gasteiger partial charge in [-0.15, -0.1) is 0 Å². The lowest BCUT2D eigenvalue weighted by Crippen LogP contribution is -2.37. The lowest BCUT2D eigenvalue weighted by atomic mass is 10.0. The monoisotopic (exact) mass is 492 g/mol. The third-order valence-electron chi connectivity index (χ3n) is 5.64. The molecule has 8 heteroatoms. The fourth-order valence-electron chi connectivity index (χ4n) is 3.76. The Labute approximate surface area is 207 Å². The summed E-state index contributed by atoms with van der Waals surface area (Å²) in [5.41, 5.74) is 2.41. The van der Waals surface area contributed by atoms with E-state index in [0.29, 0.717) is 39.4 Å². The van der Waals surface area contributed by atoms with Gasteiger partial charge in [-0.25, -0.2) is 4.79 Å². The zero-order valence-corrected chi connectivity index (χ0v) is 19.5. The summed E-state index contributed by atoms with van der Waals surface area (Å²) in [6.45, 7) is 0.202. The van der Waals surface area contributed by atoms with Gasteiger partial charge >= 0.3 is 5.97 Å². The first-order valence-corrected chi connectivity index (χ1v) is 11.5. The van der Waals surface area contributed by atoms with Crippen LogP contribution in [-0.2, 0) is 6.42 Å². The minimum Gasteiger partial charge on any atom is -0.478 e. The second-order valence-electron chi connectivity index (χ2n) is 8.15. The summed E-state index contributed by atoms with van der Waals surface area (Å²) < 4.78 is 6.02. The molecule has 1 heterocycles. The minimum absolute atomic E-state index is 0.0815. The van der Waals surface area contributed by atoms with Gasteiger partial charge in [0.05, 0.1) is 23.8 Å². The van der Waals surface area contributed by atoms with Gasteiger partial charge in [0.15, 0.2) is 0 Å². The molecule has 0 fully saturated rings. The maximum atomic E-state index is 11.2. The molecule has 0 aliphatic heterocycles. The zero-order chi connectivity index (χ0) is 24.8. The molecule has 7 nitrogen and oxygen atoms in total. The highest BCUT2D eigenvalue weighted by Crippen LogP contribution is 2.29. The van der Waals surface area contributed by atoms with Crippen molar-refractivity contribution in [1.29, 1.82) is 0 Å². The van der Waals surface area contributed by atoms with Gasteiger partial charge in [-0.3, -0.25) is 4.98 Å². The van der Waals surface area contributed by atoms with Crippen LogP contribution < -0.4 is 10.1 Å². The molecule has 0 spiro atoms. The quantitative estimate of drug-likeness (QED) is 0.256. The van der Waals surface area contributed by atoms with E-state index in [1.165, 1.54) is 12.1 Å². The smallest absolute Gasteiger partial charge is 0.335 e. The number of hydrogen-bond acceptors (Lipinski definition) is 6. The van der Waals surface area contributed by atoms with E-state index in [4.69, 9.17) is 16.3 Å². The highest BCUT2D eigenvalue weighted by atomic mass is 35.5. The number of pyridine rings is 1. The number of halogens is 1. The Morgan fingerprint density at radius 2 is 1.86 bits per heavy atom. The summed E-state index contributed by atoms with van der Waals surface area (Å²) in [5.74, 6) is 0.184. The van der Waals surface area contributed by atoms with Crippen molar-refractivity contribution >= 4 is 28.5 Å². The number of nitrogens with one attached hydrogen (secondary N) is 1. The van der Waals surface area contributed by atoms with Crippen molar-refractivity contribution in [2.24, 2.45) is 0 Å². The first-order chi connectivity index (χ1) is 16.9. The van der Waals surface area contributed by atoms with Crippen LogP contribution in [0.1, 0.15) is 27.6 Å². The molecule has 0 saturated carbocycles. The first-order valence-electron chi connectivity index (χ1n) is 11.1. The molecule has 0 radical (unpaired) electrons. The summed E-state index contributed by atoms with van der Waals surface area (Å²) >= 11 is 5.99.